The van der Waals surface area contributed by atoms with Gasteiger partial charge in [-0.3, -0.25) is 0 Å². The maximum Gasteiger partial charge on any atom is 0.125 e. The second-order valence-corrected chi connectivity index (χ2v) is 5.39. The second-order valence-electron chi connectivity index (χ2n) is 4.69. The first-order chi connectivity index (χ1) is 10.2. The fraction of sp³-hybridized carbons (Fsp3) is 0.125. The van der Waals surface area contributed by atoms with Gasteiger partial charge < -0.3 is 4.57 Å². The van der Waals surface area contributed by atoms with Crippen LogP contribution in [-0.4, -0.2) is 9.55 Å². The minimum absolute atomic E-state index is 0.324. The lowest BCUT2D eigenvalue weighted by Gasteiger charge is -2.08. The van der Waals surface area contributed by atoms with Gasteiger partial charge in [-0.2, -0.15) is 5.26 Å². The van der Waals surface area contributed by atoms with Crippen molar-refractivity contribution in [3.63, 3.8) is 0 Å². The van der Waals surface area contributed by atoms with E-state index in [-0.39, 0.29) is 0 Å². The van der Waals surface area contributed by atoms with Gasteiger partial charge in [0.2, 0.25) is 0 Å². The first kappa shape index (κ1) is 13.9. The lowest BCUT2D eigenvalue weighted by molar-refractivity contribution is 0.778. The molecule has 0 aliphatic carbocycles. The highest BCUT2D eigenvalue weighted by Gasteiger charge is 2.11. The molecule has 0 fully saturated rings. The van der Waals surface area contributed by atoms with Crippen molar-refractivity contribution in [3.8, 4) is 6.07 Å². The summed E-state index contributed by atoms with van der Waals surface area (Å²) in [6.45, 7) is 0.643. The SMILES string of the molecule is N#Cc1ccc2nc(CCl)n(Cc3ccc(Cl)cc3)c2c1. The van der Waals surface area contributed by atoms with E-state index < -0.39 is 0 Å². The fourth-order valence-corrected chi connectivity index (χ4v) is 2.62. The zero-order valence-electron chi connectivity index (χ0n) is 11.1. The third kappa shape index (κ3) is 2.73. The summed E-state index contributed by atoms with van der Waals surface area (Å²) in [7, 11) is 0. The Morgan fingerprint density at radius 2 is 1.90 bits per heavy atom. The molecule has 3 aromatic rings. The molecule has 0 N–H and O–H groups in total. The van der Waals surface area contributed by atoms with Crippen LogP contribution in [0.5, 0.6) is 0 Å². The molecule has 0 spiro atoms. The number of nitrogens with zero attached hydrogens (tertiary/aromatic N) is 3. The monoisotopic (exact) mass is 315 g/mol. The van der Waals surface area contributed by atoms with E-state index in [4.69, 9.17) is 28.5 Å². The van der Waals surface area contributed by atoms with E-state index in [2.05, 4.69) is 11.1 Å². The second kappa shape index (κ2) is 5.77. The van der Waals surface area contributed by atoms with Crippen LogP contribution in [0.25, 0.3) is 11.0 Å². The predicted molar refractivity (Wildman–Crippen MR) is 84.6 cm³/mol. The molecule has 1 heterocycles. The maximum absolute atomic E-state index is 9.05. The van der Waals surface area contributed by atoms with Gasteiger partial charge in [-0.1, -0.05) is 23.7 Å². The van der Waals surface area contributed by atoms with Crippen molar-refractivity contribution in [2.45, 2.75) is 12.4 Å². The number of hydrogen-bond donors (Lipinski definition) is 0. The van der Waals surface area contributed by atoms with Crippen molar-refractivity contribution < 1.29 is 0 Å². The summed E-state index contributed by atoms with van der Waals surface area (Å²) in [5.74, 6) is 1.11. The van der Waals surface area contributed by atoms with Crippen LogP contribution in [-0.2, 0) is 12.4 Å². The van der Waals surface area contributed by atoms with Crippen LogP contribution in [0.15, 0.2) is 42.5 Å². The van der Waals surface area contributed by atoms with E-state index in [1.54, 1.807) is 6.07 Å². The van der Waals surface area contributed by atoms with Crippen LogP contribution < -0.4 is 0 Å². The molecule has 2 aromatic carbocycles. The van der Waals surface area contributed by atoms with Gasteiger partial charge in [0.05, 0.1) is 28.5 Å². The molecule has 21 heavy (non-hydrogen) atoms. The van der Waals surface area contributed by atoms with Crippen LogP contribution in [0, 0.1) is 11.3 Å². The zero-order valence-corrected chi connectivity index (χ0v) is 12.6. The molecule has 0 aliphatic rings. The molecular weight excluding hydrogens is 305 g/mol. The van der Waals surface area contributed by atoms with E-state index >= 15 is 0 Å². The third-order valence-corrected chi connectivity index (χ3v) is 3.82. The quantitative estimate of drug-likeness (QED) is 0.674. The van der Waals surface area contributed by atoms with Crippen LogP contribution in [0.2, 0.25) is 5.02 Å². The van der Waals surface area contributed by atoms with Crippen LogP contribution in [0.3, 0.4) is 0 Å². The van der Waals surface area contributed by atoms with Crippen molar-refractivity contribution in [2.75, 3.05) is 0 Å². The number of fused-ring (bicyclic) bond motifs is 1. The number of halogens is 2. The molecule has 0 bridgehead atoms. The standard InChI is InChI=1S/C16H11Cl2N3/c17-8-16-20-14-6-3-12(9-19)7-15(14)21(16)10-11-1-4-13(18)5-2-11/h1-7H,8,10H2. The Labute approximate surface area is 132 Å². The highest BCUT2D eigenvalue weighted by atomic mass is 35.5. The third-order valence-electron chi connectivity index (χ3n) is 3.33. The Morgan fingerprint density at radius 1 is 1.14 bits per heavy atom. The van der Waals surface area contributed by atoms with Gasteiger partial charge in [-0.15, -0.1) is 11.6 Å². The first-order valence-electron chi connectivity index (χ1n) is 6.41. The lowest BCUT2D eigenvalue weighted by Crippen LogP contribution is -2.03. The number of rotatable bonds is 3. The maximum atomic E-state index is 9.05. The van der Waals surface area contributed by atoms with Gasteiger partial charge >= 0.3 is 0 Å². The molecule has 0 atom stereocenters. The predicted octanol–water partition coefficient (Wildman–Crippen LogP) is 4.35. The van der Waals surface area contributed by atoms with E-state index in [0.29, 0.717) is 23.0 Å². The first-order valence-corrected chi connectivity index (χ1v) is 7.32. The van der Waals surface area contributed by atoms with E-state index in [1.165, 1.54) is 0 Å². The summed E-state index contributed by atoms with van der Waals surface area (Å²) in [6.07, 6.45) is 0. The highest BCUT2D eigenvalue weighted by Crippen LogP contribution is 2.21. The summed E-state index contributed by atoms with van der Waals surface area (Å²) in [4.78, 5) is 4.52. The number of alkyl halides is 1. The lowest BCUT2D eigenvalue weighted by atomic mass is 10.2. The smallest absolute Gasteiger partial charge is 0.125 e. The van der Waals surface area contributed by atoms with Gasteiger partial charge in [0, 0.05) is 11.6 Å². The fourth-order valence-electron chi connectivity index (χ4n) is 2.29. The molecule has 1 aromatic heterocycles. The van der Waals surface area contributed by atoms with Gasteiger partial charge in [0.25, 0.3) is 0 Å². The molecule has 0 saturated heterocycles. The molecule has 0 saturated carbocycles. The number of hydrogen-bond acceptors (Lipinski definition) is 2. The molecular formula is C16H11Cl2N3. The van der Waals surface area contributed by atoms with Crippen molar-refractivity contribution >= 4 is 34.2 Å². The van der Waals surface area contributed by atoms with Crippen molar-refractivity contribution in [2.24, 2.45) is 0 Å². The normalized spacial score (nSPS) is 10.7. The average Bonchev–Trinajstić information content (AvgIpc) is 2.86. The van der Waals surface area contributed by atoms with Crippen LogP contribution in [0.4, 0.5) is 0 Å². The molecule has 0 amide bonds. The molecule has 104 valence electrons. The Hall–Kier alpha value is -2.02. The molecule has 0 aliphatic heterocycles. The number of benzene rings is 2. The topological polar surface area (TPSA) is 41.6 Å². The van der Waals surface area contributed by atoms with E-state index in [1.807, 2.05) is 41.0 Å². The molecule has 5 heteroatoms. The summed E-state index contributed by atoms with van der Waals surface area (Å²) in [5, 5.41) is 9.76. The Morgan fingerprint density at radius 3 is 2.57 bits per heavy atom. The summed E-state index contributed by atoms with van der Waals surface area (Å²) >= 11 is 11.9. The number of aromatic nitrogens is 2. The minimum atomic E-state index is 0.324. The van der Waals surface area contributed by atoms with Crippen LogP contribution in [0.1, 0.15) is 17.0 Å². The van der Waals surface area contributed by atoms with Crippen molar-refractivity contribution in [3.05, 3.63) is 64.4 Å². The van der Waals surface area contributed by atoms with Gasteiger partial charge in [0.1, 0.15) is 5.82 Å². The number of imidazole rings is 1. The Bertz CT molecular complexity index is 829. The summed E-state index contributed by atoms with van der Waals surface area (Å²) < 4.78 is 2.03. The largest absolute Gasteiger partial charge is 0.322 e. The Kier molecular flexibility index (Phi) is 3.83. The highest BCUT2D eigenvalue weighted by molar-refractivity contribution is 6.30. The van der Waals surface area contributed by atoms with Gasteiger partial charge in [0.15, 0.2) is 0 Å². The Balaban J connectivity index is 2.10. The van der Waals surface area contributed by atoms with Crippen molar-refractivity contribution in [1.82, 2.24) is 9.55 Å². The van der Waals surface area contributed by atoms with Crippen molar-refractivity contribution in [1.29, 1.82) is 5.26 Å². The summed E-state index contributed by atoms with van der Waals surface area (Å²) in [6, 6.07) is 15.3. The van der Waals surface area contributed by atoms with E-state index in [0.717, 1.165) is 22.4 Å². The minimum Gasteiger partial charge on any atom is -0.322 e. The zero-order chi connectivity index (χ0) is 14.8. The molecule has 3 rings (SSSR count). The van der Waals surface area contributed by atoms with Gasteiger partial charge in [-0.05, 0) is 35.9 Å². The van der Waals surface area contributed by atoms with E-state index in [9.17, 15) is 0 Å². The molecule has 3 nitrogen and oxygen atoms in total. The number of nitriles is 1. The molecule has 0 radical (unpaired) electrons. The van der Waals surface area contributed by atoms with Gasteiger partial charge in [-0.25, -0.2) is 4.98 Å². The summed E-state index contributed by atoms with van der Waals surface area (Å²) in [5.41, 5.74) is 3.48. The molecule has 0 unspecified atom stereocenters. The average molecular weight is 316 g/mol. The van der Waals surface area contributed by atoms with Crippen LogP contribution >= 0.6 is 23.2 Å².